The lowest BCUT2D eigenvalue weighted by Crippen LogP contribution is -2.19. The van der Waals surface area contributed by atoms with Crippen molar-refractivity contribution in [2.24, 2.45) is 0 Å². The van der Waals surface area contributed by atoms with Crippen LogP contribution in [0.25, 0.3) is 0 Å². The first-order valence-electron chi connectivity index (χ1n) is 6.09. The highest BCUT2D eigenvalue weighted by molar-refractivity contribution is 8.01. The molecule has 0 spiro atoms. The highest BCUT2D eigenvalue weighted by Gasteiger charge is 2.15. The Morgan fingerprint density at radius 3 is 2.84 bits per heavy atom. The molecule has 0 bridgehead atoms. The van der Waals surface area contributed by atoms with Crippen molar-refractivity contribution in [2.75, 3.05) is 19.9 Å². The zero-order valence-electron chi connectivity index (χ0n) is 11.3. The molecule has 1 N–H and O–H groups in total. The predicted octanol–water partition coefficient (Wildman–Crippen LogP) is 3.51. The maximum Gasteiger partial charge on any atom is 0.150 e. The summed E-state index contributed by atoms with van der Waals surface area (Å²) in [5, 5.41) is 5.43. The SMILES string of the molecule is CNC(CSc1nc(C)cs1)c1ccccc1OC. The summed E-state index contributed by atoms with van der Waals surface area (Å²) in [6, 6.07) is 8.39. The van der Waals surface area contributed by atoms with Crippen LogP contribution in [0.3, 0.4) is 0 Å². The number of methoxy groups -OCH3 is 1. The zero-order chi connectivity index (χ0) is 13.7. The molecule has 0 aliphatic rings. The molecule has 0 saturated heterocycles. The second-order valence-electron chi connectivity index (χ2n) is 4.15. The topological polar surface area (TPSA) is 34.2 Å². The van der Waals surface area contributed by atoms with Crippen LogP contribution in [0.15, 0.2) is 34.0 Å². The Hall–Kier alpha value is -1.04. The largest absolute Gasteiger partial charge is 0.496 e. The second-order valence-corrected chi connectivity index (χ2v) is 6.27. The highest BCUT2D eigenvalue weighted by atomic mass is 32.2. The van der Waals surface area contributed by atoms with Crippen LogP contribution in [0.2, 0.25) is 0 Å². The van der Waals surface area contributed by atoms with Gasteiger partial charge in [0, 0.05) is 28.4 Å². The zero-order valence-corrected chi connectivity index (χ0v) is 13.0. The predicted molar refractivity (Wildman–Crippen MR) is 82.4 cm³/mol. The fourth-order valence-electron chi connectivity index (χ4n) is 1.84. The summed E-state index contributed by atoms with van der Waals surface area (Å²) in [7, 11) is 3.69. The highest BCUT2D eigenvalue weighted by Crippen LogP contribution is 2.31. The van der Waals surface area contributed by atoms with E-state index in [1.807, 2.05) is 32.2 Å². The number of benzene rings is 1. The van der Waals surface area contributed by atoms with Crippen molar-refractivity contribution in [3.8, 4) is 5.75 Å². The normalized spacial score (nSPS) is 12.4. The Bertz CT molecular complexity index is 528. The van der Waals surface area contributed by atoms with E-state index < -0.39 is 0 Å². The van der Waals surface area contributed by atoms with Gasteiger partial charge in [0.05, 0.1) is 7.11 Å². The van der Waals surface area contributed by atoms with E-state index in [1.54, 1.807) is 30.2 Å². The lowest BCUT2D eigenvalue weighted by atomic mass is 10.1. The van der Waals surface area contributed by atoms with Gasteiger partial charge in [-0.05, 0) is 20.0 Å². The van der Waals surface area contributed by atoms with Crippen LogP contribution in [-0.2, 0) is 0 Å². The smallest absolute Gasteiger partial charge is 0.150 e. The van der Waals surface area contributed by atoms with Crippen molar-refractivity contribution in [1.29, 1.82) is 0 Å². The summed E-state index contributed by atoms with van der Waals surface area (Å²) < 4.78 is 6.54. The molecule has 0 aliphatic carbocycles. The molecule has 102 valence electrons. The van der Waals surface area contributed by atoms with Crippen molar-refractivity contribution < 1.29 is 4.74 Å². The number of thioether (sulfide) groups is 1. The van der Waals surface area contributed by atoms with E-state index in [4.69, 9.17) is 4.74 Å². The monoisotopic (exact) mass is 294 g/mol. The third kappa shape index (κ3) is 3.72. The first-order chi connectivity index (χ1) is 9.24. The van der Waals surface area contributed by atoms with Crippen molar-refractivity contribution in [3.05, 3.63) is 40.9 Å². The molecule has 5 heteroatoms. The number of nitrogens with one attached hydrogen (secondary N) is 1. The number of hydrogen-bond donors (Lipinski definition) is 1. The summed E-state index contributed by atoms with van der Waals surface area (Å²) in [4.78, 5) is 4.48. The number of hydrogen-bond acceptors (Lipinski definition) is 5. The summed E-state index contributed by atoms with van der Waals surface area (Å²) in [5.74, 6) is 1.86. The molecule has 0 amide bonds. The van der Waals surface area contributed by atoms with E-state index in [2.05, 4.69) is 21.7 Å². The van der Waals surface area contributed by atoms with E-state index in [1.165, 1.54) is 5.56 Å². The average Bonchev–Trinajstić information content (AvgIpc) is 2.86. The molecule has 1 atom stereocenters. The standard InChI is InChI=1S/C14H18N2OS2/c1-10-8-18-14(16-10)19-9-12(15-2)11-6-4-5-7-13(11)17-3/h4-8,12,15H,9H2,1-3H3. The van der Waals surface area contributed by atoms with E-state index in [0.717, 1.165) is 21.5 Å². The van der Waals surface area contributed by atoms with Crippen LogP contribution in [0.1, 0.15) is 17.3 Å². The lowest BCUT2D eigenvalue weighted by molar-refractivity contribution is 0.404. The van der Waals surface area contributed by atoms with Gasteiger partial charge >= 0.3 is 0 Å². The molecule has 0 radical (unpaired) electrons. The second kappa shape index (κ2) is 6.93. The first kappa shape index (κ1) is 14.4. The molecular formula is C14H18N2OS2. The number of aromatic nitrogens is 1. The van der Waals surface area contributed by atoms with Gasteiger partial charge in [-0.15, -0.1) is 11.3 Å². The Morgan fingerprint density at radius 1 is 1.42 bits per heavy atom. The molecule has 1 aromatic heterocycles. The number of ether oxygens (including phenoxy) is 1. The van der Waals surface area contributed by atoms with Gasteiger partial charge in [-0.2, -0.15) is 0 Å². The number of aryl methyl sites for hydroxylation is 1. The maximum atomic E-state index is 5.42. The van der Waals surface area contributed by atoms with Crippen LogP contribution in [0.5, 0.6) is 5.75 Å². The Labute approximate surface area is 122 Å². The van der Waals surface area contributed by atoms with Crippen molar-refractivity contribution in [3.63, 3.8) is 0 Å². The van der Waals surface area contributed by atoms with Crippen LogP contribution < -0.4 is 10.1 Å². The molecular weight excluding hydrogens is 276 g/mol. The van der Waals surface area contributed by atoms with Crippen molar-refractivity contribution in [2.45, 2.75) is 17.3 Å². The minimum absolute atomic E-state index is 0.255. The van der Waals surface area contributed by atoms with E-state index >= 15 is 0 Å². The maximum absolute atomic E-state index is 5.42. The van der Waals surface area contributed by atoms with Gasteiger partial charge in [-0.25, -0.2) is 4.98 Å². The molecule has 19 heavy (non-hydrogen) atoms. The number of rotatable bonds is 6. The molecule has 2 rings (SSSR count). The van der Waals surface area contributed by atoms with Gasteiger partial charge in [0.15, 0.2) is 0 Å². The quantitative estimate of drug-likeness (QED) is 0.827. The third-order valence-electron chi connectivity index (χ3n) is 2.83. The fourth-order valence-corrected chi connectivity index (χ4v) is 3.84. The molecule has 1 unspecified atom stereocenters. The van der Waals surface area contributed by atoms with Crippen LogP contribution in [-0.4, -0.2) is 24.9 Å². The summed E-state index contributed by atoms with van der Waals surface area (Å²) >= 11 is 3.48. The third-order valence-corrected chi connectivity index (χ3v) is 5.07. The Balaban J connectivity index is 2.07. The van der Waals surface area contributed by atoms with Crippen molar-refractivity contribution in [1.82, 2.24) is 10.3 Å². The molecule has 0 aliphatic heterocycles. The number of nitrogens with zero attached hydrogens (tertiary/aromatic N) is 1. The van der Waals surface area contributed by atoms with Gasteiger partial charge in [-0.1, -0.05) is 30.0 Å². The Morgan fingerprint density at radius 2 is 2.21 bits per heavy atom. The minimum atomic E-state index is 0.255. The van der Waals surface area contributed by atoms with Crippen LogP contribution in [0.4, 0.5) is 0 Å². The molecule has 1 aromatic carbocycles. The van der Waals surface area contributed by atoms with Gasteiger partial charge in [0.2, 0.25) is 0 Å². The molecule has 2 aromatic rings. The minimum Gasteiger partial charge on any atom is -0.496 e. The van der Waals surface area contributed by atoms with Gasteiger partial charge in [0.1, 0.15) is 10.1 Å². The van der Waals surface area contributed by atoms with Gasteiger partial charge < -0.3 is 10.1 Å². The molecule has 0 fully saturated rings. The lowest BCUT2D eigenvalue weighted by Gasteiger charge is -2.18. The average molecular weight is 294 g/mol. The van der Waals surface area contributed by atoms with E-state index in [-0.39, 0.29) is 6.04 Å². The Kier molecular flexibility index (Phi) is 5.24. The van der Waals surface area contributed by atoms with Crippen molar-refractivity contribution >= 4 is 23.1 Å². The van der Waals surface area contributed by atoms with Gasteiger partial charge in [-0.3, -0.25) is 0 Å². The van der Waals surface area contributed by atoms with E-state index in [0.29, 0.717) is 0 Å². The van der Waals surface area contributed by atoms with E-state index in [9.17, 15) is 0 Å². The number of thiazole rings is 1. The fraction of sp³-hybridized carbons (Fsp3) is 0.357. The molecule has 3 nitrogen and oxygen atoms in total. The summed E-state index contributed by atoms with van der Waals surface area (Å²) in [6.07, 6.45) is 0. The van der Waals surface area contributed by atoms with Crippen LogP contribution in [0, 0.1) is 6.92 Å². The van der Waals surface area contributed by atoms with Gasteiger partial charge in [0.25, 0.3) is 0 Å². The molecule has 0 saturated carbocycles. The summed E-state index contributed by atoms with van der Waals surface area (Å²) in [6.45, 7) is 2.02. The first-order valence-corrected chi connectivity index (χ1v) is 7.96. The number of para-hydroxylation sites is 1. The van der Waals surface area contributed by atoms with Crippen LogP contribution >= 0.6 is 23.1 Å². The summed E-state index contributed by atoms with van der Waals surface area (Å²) in [5.41, 5.74) is 2.28. The molecule has 1 heterocycles.